The minimum absolute atomic E-state index is 0.0108. The Morgan fingerprint density at radius 1 is 1.27 bits per heavy atom. The molecule has 0 bridgehead atoms. The highest BCUT2D eigenvalue weighted by Gasteiger charge is 2.45. The van der Waals surface area contributed by atoms with Crippen LogP contribution in [0.3, 0.4) is 0 Å². The lowest BCUT2D eigenvalue weighted by Crippen LogP contribution is -2.54. The highest BCUT2D eigenvalue weighted by molar-refractivity contribution is 5.98. The van der Waals surface area contributed by atoms with Gasteiger partial charge in [-0.25, -0.2) is 19.8 Å². The zero-order valence-corrected chi connectivity index (χ0v) is 23.4. The highest BCUT2D eigenvalue weighted by Crippen LogP contribution is 2.33. The molecule has 0 aromatic rings. The highest BCUT2D eigenvalue weighted by atomic mass is 19.4. The molecular formula is C25H45F4N7O. The lowest BCUT2D eigenvalue weighted by molar-refractivity contribution is -0.188. The molecule has 0 spiro atoms. The molecule has 214 valence electrons. The second-order valence-corrected chi connectivity index (χ2v) is 11.4. The molecule has 5 atom stereocenters. The third kappa shape index (κ3) is 8.90. The third-order valence-corrected chi connectivity index (χ3v) is 6.98. The van der Waals surface area contributed by atoms with E-state index in [9.17, 15) is 22.4 Å². The number of hydrogen-bond acceptors (Lipinski definition) is 6. The fourth-order valence-electron chi connectivity index (χ4n) is 4.53. The predicted molar refractivity (Wildman–Crippen MR) is 138 cm³/mol. The van der Waals surface area contributed by atoms with Crippen LogP contribution in [-0.4, -0.2) is 85.5 Å². The van der Waals surface area contributed by atoms with Crippen molar-refractivity contribution in [3.05, 3.63) is 11.4 Å². The first kappa shape index (κ1) is 31.5. The minimum Gasteiger partial charge on any atom is -0.351 e. The van der Waals surface area contributed by atoms with E-state index in [1.165, 1.54) is 0 Å². The van der Waals surface area contributed by atoms with Gasteiger partial charge in [-0.1, -0.05) is 26.7 Å². The Labute approximate surface area is 218 Å². The summed E-state index contributed by atoms with van der Waals surface area (Å²) in [6, 6.07) is -0.267. The topological polar surface area (TPSA) is 84.0 Å². The average molecular weight is 536 g/mol. The first-order valence-corrected chi connectivity index (χ1v) is 13.1. The van der Waals surface area contributed by atoms with E-state index in [2.05, 4.69) is 33.3 Å². The van der Waals surface area contributed by atoms with Crippen LogP contribution in [0.15, 0.2) is 16.4 Å². The molecule has 2 aliphatic rings. The second kappa shape index (κ2) is 12.9. The molecule has 0 aromatic heterocycles. The zero-order chi connectivity index (χ0) is 28.1. The van der Waals surface area contributed by atoms with Gasteiger partial charge in [-0.3, -0.25) is 10.1 Å². The van der Waals surface area contributed by atoms with E-state index in [1.54, 1.807) is 19.1 Å². The molecule has 37 heavy (non-hydrogen) atoms. The van der Waals surface area contributed by atoms with E-state index in [0.717, 1.165) is 26.2 Å². The summed E-state index contributed by atoms with van der Waals surface area (Å²) in [6.45, 7) is 11.1. The summed E-state index contributed by atoms with van der Waals surface area (Å²) in [5.41, 5.74) is 3.03. The van der Waals surface area contributed by atoms with Crippen molar-refractivity contribution in [3.63, 3.8) is 0 Å². The van der Waals surface area contributed by atoms with Crippen LogP contribution in [0.1, 0.15) is 60.8 Å². The van der Waals surface area contributed by atoms with Gasteiger partial charge in [0, 0.05) is 43.8 Å². The zero-order valence-electron chi connectivity index (χ0n) is 23.4. The van der Waals surface area contributed by atoms with Gasteiger partial charge in [0.05, 0.1) is 17.9 Å². The first-order chi connectivity index (χ1) is 17.0. The summed E-state index contributed by atoms with van der Waals surface area (Å²) in [5, 5.41) is 10.3. The van der Waals surface area contributed by atoms with Crippen LogP contribution in [0.25, 0.3) is 0 Å². The average Bonchev–Trinajstić information content (AvgIpc) is 3.09. The maximum atomic E-state index is 14.7. The number of rotatable bonds is 9. The number of hydrazine groups is 1. The molecule has 4 N–H and O–H groups in total. The molecule has 1 saturated heterocycles. The molecule has 2 heterocycles. The number of alkyl halides is 3. The lowest BCUT2D eigenvalue weighted by Gasteiger charge is -2.33. The Morgan fingerprint density at radius 3 is 2.49 bits per heavy atom. The van der Waals surface area contributed by atoms with E-state index in [4.69, 9.17) is 0 Å². The van der Waals surface area contributed by atoms with Crippen molar-refractivity contribution in [3.8, 4) is 0 Å². The number of carbonyl (C=O) groups excluding carboxylic acids is 1. The number of amides is 1. The largest absolute Gasteiger partial charge is 0.392 e. The Bertz CT molecular complexity index is 840. The van der Waals surface area contributed by atoms with E-state index in [0.29, 0.717) is 12.1 Å². The van der Waals surface area contributed by atoms with Crippen molar-refractivity contribution in [1.29, 1.82) is 0 Å². The number of carbonyl (C=O) groups is 1. The molecule has 1 fully saturated rings. The Balaban J connectivity index is 2.36. The van der Waals surface area contributed by atoms with Crippen molar-refractivity contribution < 1.29 is 22.4 Å². The van der Waals surface area contributed by atoms with Gasteiger partial charge in [-0.15, -0.1) is 0 Å². The number of hydrogen-bond donors (Lipinski definition) is 4. The monoisotopic (exact) mass is 535 g/mol. The summed E-state index contributed by atoms with van der Waals surface area (Å²) in [5.74, 6) is -4.33. The molecule has 0 aliphatic carbocycles. The molecule has 0 saturated carbocycles. The maximum Gasteiger partial charge on any atom is 0.392 e. The van der Waals surface area contributed by atoms with Crippen LogP contribution in [0.2, 0.25) is 0 Å². The molecule has 8 nitrogen and oxygen atoms in total. The fraction of sp³-hybridized carbons (Fsp3) is 0.840. The van der Waals surface area contributed by atoms with Crippen molar-refractivity contribution in [2.75, 3.05) is 33.7 Å². The van der Waals surface area contributed by atoms with E-state index < -0.39 is 35.6 Å². The number of nitrogens with one attached hydrogen (secondary N) is 4. The van der Waals surface area contributed by atoms with Gasteiger partial charge in [0.2, 0.25) is 5.91 Å². The summed E-state index contributed by atoms with van der Waals surface area (Å²) in [6.07, 6.45) is -2.53. The number of nitrogens with zero attached hydrogens (tertiary/aromatic N) is 3. The maximum absolute atomic E-state index is 14.7. The third-order valence-electron chi connectivity index (χ3n) is 6.98. The summed E-state index contributed by atoms with van der Waals surface area (Å²) < 4.78 is 56.2. The first-order valence-electron chi connectivity index (χ1n) is 13.1. The van der Waals surface area contributed by atoms with Crippen LogP contribution in [-0.2, 0) is 4.79 Å². The molecule has 5 unspecified atom stereocenters. The van der Waals surface area contributed by atoms with E-state index in [-0.39, 0.29) is 37.0 Å². The fourth-order valence-corrected chi connectivity index (χ4v) is 4.53. The van der Waals surface area contributed by atoms with Gasteiger partial charge in [-0.05, 0) is 41.2 Å². The molecule has 1 amide bonds. The summed E-state index contributed by atoms with van der Waals surface area (Å²) in [7, 11) is 3.46. The van der Waals surface area contributed by atoms with Crippen molar-refractivity contribution in [2.45, 2.75) is 90.8 Å². The quantitative estimate of drug-likeness (QED) is 0.206. The molecular weight excluding hydrogens is 490 g/mol. The lowest BCUT2D eigenvalue weighted by atomic mass is 9.91. The van der Waals surface area contributed by atoms with Crippen LogP contribution in [0.4, 0.5) is 17.6 Å². The van der Waals surface area contributed by atoms with Crippen molar-refractivity contribution in [1.82, 2.24) is 31.3 Å². The van der Waals surface area contributed by atoms with E-state index in [1.807, 2.05) is 32.6 Å². The summed E-state index contributed by atoms with van der Waals surface area (Å²) in [4.78, 5) is 19.8. The van der Waals surface area contributed by atoms with Gasteiger partial charge in [0.15, 0.2) is 5.96 Å². The number of aliphatic imine (C=N–C) groups is 1. The second-order valence-electron chi connectivity index (χ2n) is 11.4. The Hall–Kier alpha value is -1.76. The minimum atomic E-state index is -4.55. The number of guanidine groups is 1. The molecule has 0 radical (unpaired) electrons. The van der Waals surface area contributed by atoms with Gasteiger partial charge in [-0.2, -0.15) is 13.2 Å². The number of likely N-dealkylation sites (N-methyl/N-ethyl adjacent to an activating group) is 1. The van der Waals surface area contributed by atoms with E-state index >= 15 is 0 Å². The Morgan fingerprint density at radius 2 is 1.92 bits per heavy atom. The smallest absolute Gasteiger partial charge is 0.351 e. The van der Waals surface area contributed by atoms with Gasteiger partial charge >= 0.3 is 6.18 Å². The number of halogens is 4. The number of fused-ring (bicyclic) bond motifs is 1. The standard InChI is InChI=1S/C25H45F4N7O/c1-9-10-11-15(2)35(7)14-17(16(3)25(27,28)29)22(37)32-23(33-24(4,5)6)31-21-20-18(26)12-30-13-19(20)34-36(21)8/h15-17,19,21,30,34H,9-14H2,1-8H3,(H2,31,32,33,37). The SMILES string of the molecule is CCCCC(C)N(C)CC(C(=O)N/C(=N/C1C2=C(F)CNCC2NN1C)NC(C)(C)C)C(C)C(F)(F)F. The van der Waals surface area contributed by atoms with Gasteiger partial charge in [0.25, 0.3) is 0 Å². The number of unbranched alkanes of at least 4 members (excludes halogenated alkanes) is 1. The van der Waals surface area contributed by atoms with Gasteiger partial charge in [0.1, 0.15) is 12.0 Å². The predicted octanol–water partition coefficient (Wildman–Crippen LogP) is 3.14. The van der Waals surface area contributed by atoms with Crippen LogP contribution < -0.4 is 21.4 Å². The molecule has 0 aromatic carbocycles. The Kier molecular flexibility index (Phi) is 10.9. The van der Waals surface area contributed by atoms with Crippen LogP contribution in [0.5, 0.6) is 0 Å². The van der Waals surface area contributed by atoms with Crippen LogP contribution in [0, 0.1) is 11.8 Å². The van der Waals surface area contributed by atoms with Crippen molar-refractivity contribution in [2.24, 2.45) is 16.8 Å². The summed E-state index contributed by atoms with van der Waals surface area (Å²) >= 11 is 0. The molecule has 2 rings (SSSR count). The molecule has 2 aliphatic heterocycles. The van der Waals surface area contributed by atoms with Crippen LogP contribution >= 0.6 is 0 Å². The normalized spacial score (nSPS) is 24.2. The van der Waals surface area contributed by atoms with Gasteiger partial charge < -0.3 is 15.5 Å². The van der Waals surface area contributed by atoms with Crippen molar-refractivity contribution >= 4 is 11.9 Å². The molecule has 12 heteroatoms.